The van der Waals surface area contributed by atoms with Crippen molar-refractivity contribution in [1.29, 1.82) is 0 Å². The highest BCUT2D eigenvalue weighted by Crippen LogP contribution is 2.40. The molecular weight excluding hydrogens is 415 g/mol. The molecule has 0 amide bonds. The molecule has 0 spiro atoms. The molecule has 1 aromatic carbocycles. The van der Waals surface area contributed by atoms with Gasteiger partial charge in [0.25, 0.3) is 5.56 Å². The Bertz CT molecular complexity index is 1360. The molecule has 32 heavy (non-hydrogen) atoms. The first-order chi connectivity index (χ1) is 15.3. The second-order valence-electron chi connectivity index (χ2n) is 8.47. The molecule has 0 aliphatic carbocycles. The number of esters is 1. The quantitative estimate of drug-likeness (QED) is 0.475. The Balaban J connectivity index is 1.81. The molecule has 0 radical (unpaired) electrons. The van der Waals surface area contributed by atoms with Crippen LogP contribution in [0.15, 0.2) is 23.0 Å². The fourth-order valence-corrected chi connectivity index (χ4v) is 4.83. The molecule has 8 heteroatoms. The van der Waals surface area contributed by atoms with Crippen molar-refractivity contribution in [3.63, 3.8) is 0 Å². The van der Waals surface area contributed by atoms with Gasteiger partial charge < -0.3 is 19.5 Å². The van der Waals surface area contributed by atoms with Crippen molar-refractivity contribution in [2.45, 2.75) is 51.9 Å². The van der Waals surface area contributed by atoms with Crippen LogP contribution in [0.1, 0.15) is 47.6 Å². The monoisotopic (exact) mass is 438 g/mol. The maximum Gasteiger partial charge on any atom is 0.343 e. The Morgan fingerprint density at radius 1 is 1.25 bits per heavy atom. The minimum absolute atomic E-state index is 0.00292. The van der Waals surface area contributed by atoms with Crippen molar-refractivity contribution in [2.24, 2.45) is 0 Å². The molecule has 0 saturated carbocycles. The summed E-state index contributed by atoms with van der Waals surface area (Å²) in [5.74, 6) is -1.15. The summed E-state index contributed by atoms with van der Waals surface area (Å²) < 4.78 is 21.0. The molecule has 2 aliphatic heterocycles. The van der Waals surface area contributed by atoms with Crippen LogP contribution in [0.4, 0.5) is 4.39 Å². The van der Waals surface area contributed by atoms with Gasteiger partial charge in [0.15, 0.2) is 5.60 Å². The SMILES string of the molecule is CC[C@@]1(O)C(=O)OCc2c1cc1n(c2=O)Cc2c-1nc1cc(F)c(C)cc1c2CCCO. The zero-order valence-corrected chi connectivity index (χ0v) is 17.9. The molecule has 2 aliphatic rings. The number of rotatable bonds is 4. The van der Waals surface area contributed by atoms with Gasteiger partial charge in [-0.15, -0.1) is 0 Å². The minimum atomic E-state index is -1.90. The first-order valence-corrected chi connectivity index (χ1v) is 10.7. The van der Waals surface area contributed by atoms with Crippen LogP contribution in [0.3, 0.4) is 0 Å². The van der Waals surface area contributed by atoms with E-state index in [9.17, 15) is 24.2 Å². The van der Waals surface area contributed by atoms with Gasteiger partial charge in [0.2, 0.25) is 0 Å². The van der Waals surface area contributed by atoms with Gasteiger partial charge in [-0.3, -0.25) is 4.79 Å². The van der Waals surface area contributed by atoms with Crippen LogP contribution in [-0.2, 0) is 34.7 Å². The minimum Gasteiger partial charge on any atom is -0.458 e. The molecule has 166 valence electrons. The number of halogens is 1. The largest absolute Gasteiger partial charge is 0.458 e. The Kier molecular flexibility index (Phi) is 4.69. The first kappa shape index (κ1) is 20.8. The van der Waals surface area contributed by atoms with Crippen LogP contribution >= 0.6 is 0 Å². The van der Waals surface area contributed by atoms with Crippen LogP contribution in [0.2, 0.25) is 0 Å². The molecule has 3 aromatic rings. The van der Waals surface area contributed by atoms with Crippen molar-refractivity contribution in [3.8, 4) is 11.4 Å². The fourth-order valence-electron chi connectivity index (χ4n) is 4.83. The summed E-state index contributed by atoms with van der Waals surface area (Å²) in [6, 6.07) is 4.78. The average molecular weight is 438 g/mol. The fraction of sp³-hybridized carbons (Fsp3) is 0.375. The number of hydrogen-bond acceptors (Lipinski definition) is 6. The number of hydrogen-bond donors (Lipinski definition) is 2. The highest BCUT2D eigenvalue weighted by atomic mass is 19.1. The predicted molar refractivity (Wildman–Crippen MR) is 115 cm³/mol. The van der Waals surface area contributed by atoms with Crippen LogP contribution in [0.25, 0.3) is 22.3 Å². The van der Waals surface area contributed by atoms with E-state index in [0.717, 1.165) is 16.5 Å². The number of aryl methyl sites for hydroxylation is 2. The smallest absolute Gasteiger partial charge is 0.343 e. The second-order valence-corrected chi connectivity index (χ2v) is 8.47. The maximum atomic E-state index is 14.3. The van der Waals surface area contributed by atoms with Gasteiger partial charge in [-0.2, -0.15) is 0 Å². The lowest BCUT2D eigenvalue weighted by molar-refractivity contribution is -0.172. The number of carbonyl (C=O) groups excluding carboxylic acids is 1. The summed E-state index contributed by atoms with van der Waals surface area (Å²) in [5.41, 5.74) is 2.00. The van der Waals surface area contributed by atoms with Crippen LogP contribution in [-0.4, -0.2) is 32.3 Å². The number of carbonyl (C=O) groups is 1. The predicted octanol–water partition coefficient (Wildman–Crippen LogP) is 2.45. The third-order valence-corrected chi connectivity index (χ3v) is 6.67. The van der Waals surface area contributed by atoms with Crippen LogP contribution < -0.4 is 5.56 Å². The van der Waals surface area contributed by atoms with Crippen molar-refractivity contribution in [3.05, 3.63) is 62.2 Å². The maximum absolute atomic E-state index is 14.3. The van der Waals surface area contributed by atoms with Crippen molar-refractivity contribution >= 4 is 16.9 Å². The third-order valence-electron chi connectivity index (χ3n) is 6.67. The van der Waals surface area contributed by atoms with Crippen molar-refractivity contribution in [1.82, 2.24) is 9.55 Å². The van der Waals surface area contributed by atoms with E-state index in [1.165, 1.54) is 6.07 Å². The second kappa shape index (κ2) is 7.21. The molecule has 4 heterocycles. The van der Waals surface area contributed by atoms with E-state index in [-0.39, 0.29) is 48.7 Å². The highest BCUT2D eigenvalue weighted by molar-refractivity contribution is 5.89. The molecule has 7 nitrogen and oxygen atoms in total. The number of benzene rings is 1. The lowest BCUT2D eigenvalue weighted by Gasteiger charge is -2.31. The molecule has 2 N–H and O–H groups in total. The van der Waals surface area contributed by atoms with Gasteiger partial charge in [-0.25, -0.2) is 14.2 Å². The van der Waals surface area contributed by atoms with E-state index in [4.69, 9.17) is 9.72 Å². The molecule has 0 bridgehead atoms. The van der Waals surface area contributed by atoms with Crippen molar-refractivity contribution < 1.29 is 24.1 Å². The Morgan fingerprint density at radius 3 is 2.75 bits per heavy atom. The number of aliphatic hydroxyl groups is 2. The summed E-state index contributed by atoms with van der Waals surface area (Å²) in [7, 11) is 0. The molecular formula is C24H23FN2O5. The molecule has 0 unspecified atom stereocenters. The van der Waals surface area contributed by atoms with Gasteiger partial charge in [-0.05, 0) is 49.4 Å². The summed E-state index contributed by atoms with van der Waals surface area (Å²) in [5, 5.41) is 21.2. The number of nitrogens with zero attached hydrogens (tertiary/aromatic N) is 2. The lowest BCUT2D eigenvalue weighted by Crippen LogP contribution is -2.44. The molecule has 5 rings (SSSR count). The molecule has 0 saturated heterocycles. The van der Waals surface area contributed by atoms with E-state index in [1.807, 2.05) is 0 Å². The third kappa shape index (κ3) is 2.76. The molecule has 0 fully saturated rings. The number of aliphatic hydroxyl groups excluding tert-OH is 1. The summed E-state index contributed by atoms with van der Waals surface area (Å²) >= 11 is 0. The van der Waals surface area contributed by atoms with Gasteiger partial charge in [0.05, 0.1) is 29.0 Å². The number of ether oxygens (including phenoxy) is 1. The van der Waals surface area contributed by atoms with Crippen molar-refractivity contribution in [2.75, 3.05) is 6.61 Å². The number of fused-ring (bicyclic) bond motifs is 5. The van der Waals surface area contributed by atoms with E-state index < -0.39 is 11.6 Å². The van der Waals surface area contributed by atoms with E-state index in [2.05, 4.69) is 0 Å². The first-order valence-electron chi connectivity index (χ1n) is 10.7. The van der Waals surface area contributed by atoms with Gasteiger partial charge in [0.1, 0.15) is 12.4 Å². The average Bonchev–Trinajstić information content (AvgIpc) is 3.14. The Morgan fingerprint density at radius 2 is 2.03 bits per heavy atom. The Hall–Kier alpha value is -3.10. The lowest BCUT2D eigenvalue weighted by atomic mass is 9.86. The summed E-state index contributed by atoms with van der Waals surface area (Å²) in [4.78, 5) is 30.4. The number of aromatic nitrogens is 2. The van der Waals surface area contributed by atoms with Gasteiger partial charge in [-0.1, -0.05) is 6.92 Å². The van der Waals surface area contributed by atoms with Crippen LogP contribution in [0.5, 0.6) is 0 Å². The van der Waals surface area contributed by atoms with E-state index in [0.29, 0.717) is 35.3 Å². The molecule has 1 atom stereocenters. The standard InChI is InChI=1S/C24H23FN2O5/c1-3-24(31)17-8-20-21-15(10-27(20)22(29)16(17)11-32-23(24)30)13(5-4-6-28)14-7-12(2)18(25)9-19(14)26-21/h7-9,28,31H,3-6,10-11H2,1-2H3/t24-/m0/s1. The van der Waals surface area contributed by atoms with Gasteiger partial charge >= 0.3 is 5.97 Å². The van der Waals surface area contributed by atoms with Crippen LogP contribution in [0, 0.1) is 12.7 Å². The van der Waals surface area contributed by atoms with E-state index >= 15 is 0 Å². The Labute approximate surface area is 183 Å². The summed E-state index contributed by atoms with van der Waals surface area (Å²) in [6.45, 7) is 3.42. The normalized spacial score (nSPS) is 19.0. The number of pyridine rings is 2. The number of cyclic esters (lactones) is 1. The zero-order chi connectivity index (χ0) is 22.8. The highest BCUT2D eigenvalue weighted by Gasteiger charge is 2.45. The zero-order valence-electron chi connectivity index (χ0n) is 17.9. The topological polar surface area (TPSA) is 102 Å². The summed E-state index contributed by atoms with van der Waals surface area (Å²) in [6.07, 6.45) is 1.12. The van der Waals surface area contributed by atoms with Gasteiger partial charge in [0, 0.05) is 29.2 Å². The van der Waals surface area contributed by atoms with E-state index in [1.54, 1.807) is 30.5 Å². The molecule has 2 aromatic heterocycles.